The average molecular weight is 249 g/mol. The predicted molar refractivity (Wildman–Crippen MR) is 68.3 cm³/mol. The lowest BCUT2D eigenvalue weighted by molar-refractivity contribution is 0.206. The fourth-order valence-corrected chi connectivity index (χ4v) is 2.97. The zero-order chi connectivity index (χ0) is 11.7. The number of fused-ring (bicyclic) bond motifs is 1. The van der Waals surface area contributed by atoms with Crippen LogP contribution in [0, 0.1) is 0 Å². The van der Waals surface area contributed by atoms with Crippen molar-refractivity contribution in [2.45, 2.75) is 31.2 Å². The van der Waals surface area contributed by atoms with Crippen LogP contribution in [-0.4, -0.2) is 22.1 Å². The molecule has 0 radical (unpaired) electrons. The van der Waals surface area contributed by atoms with Gasteiger partial charge in [-0.25, -0.2) is 4.98 Å². The molecule has 90 valence electrons. The van der Waals surface area contributed by atoms with Gasteiger partial charge in [0.25, 0.3) is 0 Å². The minimum absolute atomic E-state index is 0.173. The minimum atomic E-state index is -0.173. The summed E-state index contributed by atoms with van der Waals surface area (Å²) in [6.07, 6.45) is 6.27. The molecule has 0 bridgehead atoms. The van der Waals surface area contributed by atoms with E-state index in [-0.39, 0.29) is 5.54 Å². The second-order valence-corrected chi connectivity index (χ2v) is 5.59. The maximum Gasteiger partial charge on any atom is 0.317 e. The van der Waals surface area contributed by atoms with E-state index in [0.717, 1.165) is 23.1 Å². The SMILES string of the molecule is NC1(COc2ncc3ccsc3n2)CCCC1. The van der Waals surface area contributed by atoms with Gasteiger partial charge in [-0.1, -0.05) is 12.8 Å². The van der Waals surface area contributed by atoms with Crippen molar-refractivity contribution in [2.24, 2.45) is 5.73 Å². The van der Waals surface area contributed by atoms with Crippen LogP contribution >= 0.6 is 11.3 Å². The van der Waals surface area contributed by atoms with Gasteiger partial charge in [-0.15, -0.1) is 11.3 Å². The molecule has 5 heteroatoms. The van der Waals surface area contributed by atoms with Crippen LogP contribution in [0.2, 0.25) is 0 Å². The number of aromatic nitrogens is 2. The van der Waals surface area contributed by atoms with E-state index in [2.05, 4.69) is 9.97 Å². The molecule has 0 saturated heterocycles. The van der Waals surface area contributed by atoms with E-state index in [1.165, 1.54) is 12.8 Å². The van der Waals surface area contributed by atoms with Crippen molar-refractivity contribution in [3.8, 4) is 6.01 Å². The van der Waals surface area contributed by atoms with Crippen molar-refractivity contribution in [1.29, 1.82) is 0 Å². The van der Waals surface area contributed by atoms with E-state index in [4.69, 9.17) is 10.5 Å². The second-order valence-electron chi connectivity index (χ2n) is 4.69. The quantitative estimate of drug-likeness (QED) is 0.907. The van der Waals surface area contributed by atoms with Gasteiger partial charge in [0.1, 0.15) is 11.4 Å². The third kappa shape index (κ3) is 2.25. The standard InChI is InChI=1S/C12H15N3OS/c13-12(4-1-2-5-12)8-16-11-14-7-9-3-6-17-10(9)15-11/h3,6-7H,1-2,4-5,8,13H2. The highest BCUT2D eigenvalue weighted by atomic mass is 32.1. The van der Waals surface area contributed by atoms with Gasteiger partial charge in [0.05, 0.1) is 5.54 Å². The lowest BCUT2D eigenvalue weighted by atomic mass is 10.0. The first kappa shape index (κ1) is 10.9. The molecule has 0 aliphatic heterocycles. The Bertz CT molecular complexity index is 519. The summed E-state index contributed by atoms with van der Waals surface area (Å²) in [6, 6.07) is 2.45. The zero-order valence-electron chi connectivity index (χ0n) is 9.56. The summed E-state index contributed by atoms with van der Waals surface area (Å²) in [5, 5.41) is 3.07. The molecule has 2 heterocycles. The van der Waals surface area contributed by atoms with Crippen molar-refractivity contribution >= 4 is 21.6 Å². The van der Waals surface area contributed by atoms with Gasteiger partial charge in [-0.05, 0) is 24.3 Å². The van der Waals surface area contributed by atoms with Gasteiger partial charge in [-0.3, -0.25) is 0 Å². The maximum atomic E-state index is 6.22. The van der Waals surface area contributed by atoms with Crippen LogP contribution in [0.25, 0.3) is 10.2 Å². The van der Waals surface area contributed by atoms with Crippen LogP contribution in [0.1, 0.15) is 25.7 Å². The number of hydrogen-bond donors (Lipinski definition) is 1. The van der Waals surface area contributed by atoms with E-state index in [1.54, 1.807) is 17.5 Å². The van der Waals surface area contributed by atoms with Crippen LogP contribution in [0.4, 0.5) is 0 Å². The molecule has 4 nitrogen and oxygen atoms in total. The molecule has 0 atom stereocenters. The first-order valence-electron chi connectivity index (χ1n) is 5.87. The summed E-state index contributed by atoms with van der Waals surface area (Å²) < 4.78 is 5.63. The number of thiophene rings is 1. The topological polar surface area (TPSA) is 61.0 Å². The maximum absolute atomic E-state index is 6.22. The molecular weight excluding hydrogens is 234 g/mol. The Labute approximate surface area is 104 Å². The first-order chi connectivity index (χ1) is 8.25. The molecule has 0 spiro atoms. The Morgan fingerprint density at radius 2 is 2.24 bits per heavy atom. The van der Waals surface area contributed by atoms with Crippen LogP contribution in [-0.2, 0) is 0 Å². The smallest absolute Gasteiger partial charge is 0.317 e. The predicted octanol–water partition coefficient (Wildman–Crippen LogP) is 2.34. The van der Waals surface area contributed by atoms with Crippen molar-refractivity contribution in [3.05, 3.63) is 17.6 Å². The number of nitrogens with two attached hydrogens (primary N) is 1. The Morgan fingerprint density at radius 1 is 1.41 bits per heavy atom. The van der Waals surface area contributed by atoms with Gasteiger partial charge in [0.2, 0.25) is 0 Å². The molecule has 0 unspecified atom stereocenters. The van der Waals surface area contributed by atoms with E-state index in [0.29, 0.717) is 12.6 Å². The summed E-state index contributed by atoms with van der Waals surface area (Å²) in [5.41, 5.74) is 6.05. The minimum Gasteiger partial charge on any atom is -0.461 e. The van der Waals surface area contributed by atoms with Gasteiger partial charge in [0, 0.05) is 11.6 Å². The Balaban J connectivity index is 1.71. The summed E-state index contributed by atoms with van der Waals surface area (Å²) in [4.78, 5) is 9.51. The molecule has 17 heavy (non-hydrogen) atoms. The van der Waals surface area contributed by atoms with Crippen LogP contribution in [0.5, 0.6) is 6.01 Å². The van der Waals surface area contributed by atoms with E-state index in [9.17, 15) is 0 Å². The highest BCUT2D eigenvalue weighted by molar-refractivity contribution is 7.16. The number of nitrogens with zero attached hydrogens (tertiary/aromatic N) is 2. The zero-order valence-corrected chi connectivity index (χ0v) is 10.4. The van der Waals surface area contributed by atoms with Crippen LogP contribution in [0.15, 0.2) is 17.6 Å². The molecule has 1 saturated carbocycles. The fraction of sp³-hybridized carbons (Fsp3) is 0.500. The highest BCUT2D eigenvalue weighted by Crippen LogP contribution is 2.27. The fourth-order valence-electron chi connectivity index (χ4n) is 2.24. The van der Waals surface area contributed by atoms with Gasteiger partial charge >= 0.3 is 6.01 Å². The van der Waals surface area contributed by atoms with Crippen molar-refractivity contribution < 1.29 is 4.74 Å². The van der Waals surface area contributed by atoms with Crippen LogP contribution < -0.4 is 10.5 Å². The molecule has 2 N–H and O–H groups in total. The number of rotatable bonds is 3. The molecule has 2 aromatic rings. The largest absolute Gasteiger partial charge is 0.461 e. The number of hydrogen-bond acceptors (Lipinski definition) is 5. The van der Waals surface area contributed by atoms with E-state index < -0.39 is 0 Å². The summed E-state index contributed by atoms with van der Waals surface area (Å²) in [7, 11) is 0. The van der Waals surface area contributed by atoms with Crippen LogP contribution in [0.3, 0.4) is 0 Å². The lowest BCUT2D eigenvalue weighted by Crippen LogP contribution is -2.42. The number of ether oxygens (including phenoxy) is 1. The van der Waals surface area contributed by atoms with Gasteiger partial charge in [0.15, 0.2) is 0 Å². The van der Waals surface area contributed by atoms with E-state index >= 15 is 0 Å². The summed E-state index contributed by atoms with van der Waals surface area (Å²) >= 11 is 1.60. The monoisotopic (exact) mass is 249 g/mol. The van der Waals surface area contributed by atoms with Crippen molar-refractivity contribution in [1.82, 2.24) is 9.97 Å². The molecule has 3 rings (SSSR count). The highest BCUT2D eigenvalue weighted by Gasteiger charge is 2.30. The molecule has 1 aliphatic rings. The third-order valence-electron chi connectivity index (χ3n) is 3.27. The molecule has 2 aromatic heterocycles. The summed E-state index contributed by atoms with van der Waals surface area (Å²) in [5.74, 6) is 0. The molecule has 1 aliphatic carbocycles. The normalized spacial score (nSPS) is 18.6. The lowest BCUT2D eigenvalue weighted by Gasteiger charge is -2.22. The van der Waals surface area contributed by atoms with Gasteiger partial charge in [-0.2, -0.15) is 4.98 Å². The van der Waals surface area contributed by atoms with Crippen molar-refractivity contribution in [2.75, 3.05) is 6.61 Å². The molecule has 1 fully saturated rings. The molecular formula is C12H15N3OS. The van der Waals surface area contributed by atoms with Crippen molar-refractivity contribution in [3.63, 3.8) is 0 Å². The van der Waals surface area contributed by atoms with Gasteiger partial charge < -0.3 is 10.5 Å². The Hall–Kier alpha value is -1.20. The second kappa shape index (κ2) is 4.23. The molecule has 0 amide bonds. The Kier molecular flexibility index (Phi) is 2.72. The third-order valence-corrected chi connectivity index (χ3v) is 4.10. The average Bonchev–Trinajstić information content (AvgIpc) is 2.95. The van der Waals surface area contributed by atoms with E-state index in [1.807, 2.05) is 11.4 Å². The Morgan fingerprint density at radius 3 is 3.06 bits per heavy atom. The first-order valence-corrected chi connectivity index (χ1v) is 6.75. The molecule has 0 aromatic carbocycles. The summed E-state index contributed by atoms with van der Waals surface area (Å²) in [6.45, 7) is 0.518.